The molecule has 2 rings (SSSR count). The molecule has 0 heterocycles. The van der Waals surface area contributed by atoms with Crippen LogP contribution in [0.1, 0.15) is 5.56 Å². The predicted molar refractivity (Wildman–Crippen MR) is 81.5 cm³/mol. The van der Waals surface area contributed by atoms with Crippen molar-refractivity contribution in [2.24, 2.45) is 0 Å². The maximum Gasteiger partial charge on any atom is 0.262 e. The molecule has 2 aromatic carbocycles. The van der Waals surface area contributed by atoms with Crippen molar-refractivity contribution in [1.82, 2.24) is 0 Å². The molecule has 5 nitrogen and oxygen atoms in total. The third-order valence-electron chi connectivity index (χ3n) is 3.11. The summed E-state index contributed by atoms with van der Waals surface area (Å²) in [4.78, 5) is -0.00573. The summed E-state index contributed by atoms with van der Waals surface area (Å²) in [6, 6.07) is 8.12. The number of rotatable bonds is 5. The molecule has 0 unspecified atom stereocenters. The van der Waals surface area contributed by atoms with Gasteiger partial charge in [-0.25, -0.2) is 12.8 Å². The Morgan fingerprint density at radius 3 is 2.32 bits per heavy atom. The first-order valence-electron chi connectivity index (χ1n) is 6.38. The minimum Gasteiger partial charge on any atom is -0.493 e. The number of anilines is 1. The zero-order valence-corrected chi connectivity index (χ0v) is 13.2. The fourth-order valence-electron chi connectivity index (χ4n) is 1.89. The Balaban J connectivity index is 2.40. The quantitative estimate of drug-likeness (QED) is 0.918. The minimum atomic E-state index is -3.86. The smallest absolute Gasteiger partial charge is 0.262 e. The summed E-state index contributed by atoms with van der Waals surface area (Å²) in [5, 5.41) is 0. The van der Waals surface area contributed by atoms with E-state index in [-0.39, 0.29) is 10.6 Å². The molecule has 118 valence electrons. The molecular weight excluding hydrogens is 309 g/mol. The van der Waals surface area contributed by atoms with Crippen molar-refractivity contribution in [2.75, 3.05) is 18.9 Å². The molecule has 0 atom stereocenters. The summed E-state index contributed by atoms with van der Waals surface area (Å²) in [6.45, 7) is 1.69. The largest absolute Gasteiger partial charge is 0.493 e. The summed E-state index contributed by atoms with van der Waals surface area (Å²) in [5.41, 5.74) is 0.806. The number of hydrogen-bond donors (Lipinski definition) is 1. The number of sulfonamides is 1. The van der Waals surface area contributed by atoms with E-state index in [9.17, 15) is 12.8 Å². The van der Waals surface area contributed by atoms with Gasteiger partial charge in [-0.1, -0.05) is 6.07 Å². The van der Waals surface area contributed by atoms with Crippen molar-refractivity contribution in [3.05, 3.63) is 47.8 Å². The van der Waals surface area contributed by atoms with Crippen molar-refractivity contribution in [3.8, 4) is 11.5 Å². The van der Waals surface area contributed by atoms with Crippen LogP contribution in [0.15, 0.2) is 41.3 Å². The molecule has 7 heteroatoms. The summed E-state index contributed by atoms with van der Waals surface area (Å²) < 4.78 is 50.6. The minimum absolute atomic E-state index is 0.00573. The second-order valence-corrected chi connectivity index (χ2v) is 6.26. The van der Waals surface area contributed by atoms with Crippen molar-refractivity contribution in [2.45, 2.75) is 11.8 Å². The lowest BCUT2D eigenvalue weighted by Crippen LogP contribution is -2.14. The molecule has 0 aliphatic rings. The summed E-state index contributed by atoms with van der Waals surface area (Å²) in [5.74, 6) is 0.195. The van der Waals surface area contributed by atoms with Crippen LogP contribution in [0.4, 0.5) is 10.1 Å². The normalized spacial score (nSPS) is 11.1. The molecule has 0 radical (unpaired) electrons. The molecule has 2 aromatic rings. The standard InChI is InChI=1S/C15H16FNO4S/c1-10-4-5-11(16)8-13(10)17-22(18,19)12-6-7-14(20-2)15(9-12)21-3/h4-9,17H,1-3H3. The van der Waals surface area contributed by atoms with Gasteiger partial charge in [0.25, 0.3) is 10.0 Å². The fourth-order valence-corrected chi connectivity index (χ4v) is 3.03. The van der Waals surface area contributed by atoms with Gasteiger partial charge in [-0.3, -0.25) is 4.72 Å². The highest BCUT2D eigenvalue weighted by Gasteiger charge is 2.18. The van der Waals surface area contributed by atoms with E-state index < -0.39 is 15.8 Å². The van der Waals surface area contributed by atoms with Crippen LogP contribution < -0.4 is 14.2 Å². The fraction of sp³-hybridized carbons (Fsp3) is 0.200. The lowest BCUT2D eigenvalue weighted by atomic mass is 10.2. The number of methoxy groups -OCH3 is 2. The van der Waals surface area contributed by atoms with Gasteiger partial charge in [-0.05, 0) is 36.8 Å². The molecule has 0 aliphatic carbocycles. The Bertz CT molecular complexity index is 790. The molecule has 1 N–H and O–H groups in total. The SMILES string of the molecule is COc1ccc(S(=O)(=O)Nc2cc(F)ccc2C)cc1OC. The molecule has 0 saturated carbocycles. The molecule has 0 bridgehead atoms. The highest BCUT2D eigenvalue weighted by atomic mass is 32.2. The van der Waals surface area contributed by atoms with Crippen molar-refractivity contribution < 1.29 is 22.3 Å². The molecule has 22 heavy (non-hydrogen) atoms. The van der Waals surface area contributed by atoms with E-state index in [1.165, 1.54) is 44.6 Å². The lowest BCUT2D eigenvalue weighted by molar-refractivity contribution is 0.354. The maximum atomic E-state index is 13.3. The summed E-state index contributed by atoms with van der Waals surface area (Å²) >= 11 is 0. The van der Waals surface area contributed by atoms with Crippen LogP contribution >= 0.6 is 0 Å². The van der Waals surface area contributed by atoms with Gasteiger partial charge in [0.15, 0.2) is 11.5 Å². The first-order chi connectivity index (χ1) is 10.4. The van der Waals surface area contributed by atoms with E-state index in [0.29, 0.717) is 17.1 Å². The maximum absolute atomic E-state index is 13.3. The average Bonchev–Trinajstić information content (AvgIpc) is 2.49. The molecule has 0 fully saturated rings. The lowest BCUT2D eigenvalue weighted by Gasteiger charge is -2.13. The Hall–Kier alpha value is -2.28. The van der Waals surface area contributed by atoms with Gasteiger partial charge >= 0.3 is 0 Å². The van der Waals surface area contributed by atoms with Gasteiger partial charge in [0.2, 0.25) is 0 Å². The van der Waals surface area contributed by atoms with Crippen LogP contribution in [0.3, 0.4) is 0 Å². The van der Waals surface area contributed by atoms with E-state index in [4.69, 9.17) is 9.47 Å². The second-order valence-electron chi connectivity index (χ2n) is 4.58. The van der Waals surface area contributed by atoms with Crippen LogP contribution in [-0.2, 0) is 10.0 Å². The van der Waals surface area contributed by atoms with Gasteiger partial charge < -0.3 is 9.47 Å². The molecule has 0 aliphatic heterocycles. The first kappa shape index (κ1) is 16.1. The summed E-state index contributed by atoms with van der Waals surface area (Å²) in [6.07, 6.45) is 0. The van der Waals surface area contributed by atoms with Gasteiger partial charge in [0, 0.05) is 6.07 Å². The van der Waals surface area contributed by atoms with Crippen molar-refractivity contribution in [3.63, 3.8) is 0 Å². The molecule has 0 amide bonds. The molecule has 0 spiro atoms. The molecule has 0 saturated heterocycles. The van der Waals surface area contributed by atoms with Crippen LogP contribution in [0.2, 0.25) is 0 Å². The Labute approximate surface area is 128 Å². The van der Waals surface area contributed by atoms with E-state index >= 15 is 0 Å². The third kappa shape index (κ3) is 3.30. The van der Waals surface area contributed by atoms with Crippen LogP contribution in [-0.4, -0.2) is 22.6 Å². The average molecular weight is 325 g/mol. The van der Waals surface area contributed by atoms with Crippen LogP contribution in [0.5, 0.6) is 11.5 Å². The zero-order valence-electron chi connectivity index (χ0n) is 12.4. The Kier molecular flexibility index (Phi) is 4.56. The van der Waals surface area contributed by atoms with Gasteiger partial charge in [-0.15, -0.1) is 0 Å². The van der Waals surface area contributed by atoms with Gasteiger partial charge in [-0.2, -0.15) is 0 Å². The van der Waals surface area contributed by atoms with E-state index in [0.717, 1.165) is 6.07 Å². The number of benzene rings is 2. The number of nitrogens with one attached hydrogen (secondary N) is 1. The van der Waals surface area contributed by atoms with E-state index in [2.05, 4.69) is 4.72 Å². The third-order valence-corrected chi connectivity index (χ3v) is 4.47. The number of ether oxygens (including phenoxy) is 2. The Morgan fingerprint density at radius 2 is 1.68 bits per heavy atom. The predicted octanol–water partition coefficient (Wildman–Crippen LogP) is 2.95. The van der Waals surface area contributed by atoms with Crippen LogP contribution in [0, 0.1) is 12.7 Å². The van der Waals surface area contributed by atoms with E-state index in [1.807, 2.05) is 0 Å². The topological polar surface area (TPSA) is 64.6 Å². The Morgan fingerprint density at radius 1 is 1.00 bits per heavy atom. The monoisotopic (exact) mass is 325 g/mol. The van der Waals surface area contributed by atoms with Crippen molar-refractivity contribution in [1.29, 1.82) is 0 Å². The van der Waals surface area contributed by atoms with Crippen LogP contribution in [0.25, 0.3) is 0 Å². The number of aryl methyl sites for hydroxylation is 1. The van der Waals surface area contributed by atoms with Gasteiger partial charge in [0.1, 0.15) is 5.82 Å². The second kappa shape index (κ2) is 6.23. The summed E-state index contributed by atoms with van der Waals surface area (Å²) in [7, 11) is -0.989. The number of hydrogen-bond acceptors (Lipinski definition) is 4. The molecule has 0 aromatic heterocycles. The molecular formula is C15H16FNO4S. The van der Waals surface area contributed by atoms with E-state index in [1.54, 1.807) is 6.92 Å². The number of halogens is 1. The van der Waals surface area contributed by atoms with Crippen molar-refractivity contribution >= 4 is 15.7 Å². The highest BCUT2D eigenvalue weighted by molar-refractivity contribution is 7.92. The van der Waals surface area contributed by atoms with Gasteiger partial charge in [0.05, 0.1) is 24.8 Å². The highest BCUT2D eigenvalue weighted by Crippen LogP contribution is 2.30. The first-order valence-corrected chi connectivity index (χ1v) is 7.86. The zero-order chi connectivity index (χ0) is 16.3.